The lowest BCUT2D eigenvalue weighted by Crippen LogP contribution is -2.57. The molecule has 3 saturated heterocycles. The second-order valence-electron chi connectivity index (χ2n) is 9.32. The zero-order valence-corrected chi connectivity index (χ0v) is 21.0. The second kappa shape index (κ2) is 9.55. The third-order valence-electron chi connectivity index (χ3n) is 7.02. The molecule has 7 rings (SSSR count). The standard InChI is InChI=1S/C27H24BrFN6O/c28-22-4-2-1-3-20(22)21-13-17-14-30-27(31-19-7-5-18(29)6-8-19)34-25(17)33-24(21)26(36)32-23-15-35-11-9-16(23)10-12-35/h1-8,13-14,16,23H,9-12,15H2,(H,32,36)(H,30,31,33,34). The molecule has 3 fully saturated rings. The average Bonchev–Trinajstić information content (AvgIpc) is 2.90. The Morgan fingerprint density at radius 1 is 1.03 bits per heavy atom. The summed E-state index contributed by atoms with van der Waals surface area (Å²) in [6.07, 6.45) is 3.90. The maximum absolute atomic E-state index is 13.6. The van der Waals surface area contributed by atoms with Crippen LogP contribution in [0.15, 0.2) is 65.3 Å². The molecule has 36 heavy (non-hydrogen) atoms. The van der Waals surface area contributed by atoms with Gasteiger partial charge < -0.3 is 15.5 Å². The van der Waals surface area contributed by atoms with Gasteiger partial charge in [0.15, 0.2) is 5.65 Å². The summed E-state index contributed by atoms with van der Waals surface area (Å²) in [5, 5.41) is 7.05. The minimum Gasteiger partial charge on any atom is -0.346 e. The number of hydrogen-bond donors (Lipinski definition) is 2. The number of fused-ring (bicyclic) bond motifs is 4. The highest BCUT2D eigenvalue weighted by atomic mass is 79.9. The van der Waals surface area contributed by atoms with Crippen molar-refractivity contribution in [1.82, 2.24) is 25.2 Å². The van der Waals surface area contributed by atoms with E-state index in [0.717, 1.165) is 48.1 Å². The number of nitrogens with zero attached hydrogens (tertiary/aromatic N) is 4. The van der Waals surface area contributed by atoms with E-state index >= 15 is 0 Å². The van der Waals surface area contributed by atoms with E-state index in [1.54, 1.807) is 18.3 Å². The van der Waals surface area contributed by atoms with Crippen molar-refractivity contribution in [2.45, 2.75) is 18.9 Å². The smallest absolute Gasteiger partial charge is 0.270 e. The molecule has 7 nitrogen and oxygen atoms in total. The van der Waals surface area contributed by atoms with Crippen LogP contribution < -0.4 is 10.6 Å². The number of carbonyl (C=O) groups is 1. The third-order valence-corrected chi connectivity index (χ3v) is 7.71. The van der Waals surface area contributed by atoms with Crippen LogP contribution in [0.4, 0.5) is 16.0 Å². The van der Waals surface area contributed by atoms with E-state index in [2.05, 4.69) is 41.4 Å². The van der Waals surface area contributed by atoms with Gasteiger partial charge in [-0.05, 0) is 73.8 Å². The van der Waals surface area contributed by atoms with Gasteiger partial charge in [-0.25, -0.2) is 14.4 Å². The minimum atomic E-state index is -0.320. The van der Waals surface area contributed by atoms with E-state index in [-0.39, 0.29) is 17.8 Å². The number of benzene rings is 2. The molecule has 5 heterocycles. The lowest BCUT2D eigenvalue weighted by atomic mass is 9.84. The maximum atomic E-state index is 13.6. The van der Waals surface area contributed by atoms with Gasteiger partial charge in [0, 0.05) is 39.9 Å². The Morgan fingerprint density at radius 2 is 1.81 bits per heavy atom. The molecular weight excluding hydrogens is 523 g/mol. The van der Waals surface area contributed by atoms with Crippen LogP contribution in [0.3, 0.4) is 0 Å². The molecule has 0 aliphatic carbocycles. The summed E-state index contributed by atoms with van der Waals surface area (Å²) in [7, 11) is 0. The van der Waals surface area contributed by atoms with E-state index in [9.17, 15) is 9.18 Å². The number of rotatable bonds is 5. The van der Waals surface area contributed by atoms with Crippen molar-refractivity contribution in [3.05, 3.63) is 76.8 Å². The van der Waals surface area contributed by atoms with Crippen LogP contribution in [0.2, 0.25) is 0 Å². The van der Waals surface area contributed by atoms with Crippen LogP contribution >= 0.6 is 15.9 Å². The zero-order chi connectivity index (χ0) is 24.6. The van der Waals surface area contributed by atoms with Gasteiger partial charge in [-0.15, -0.1) is 0 Å². The molecule has 2 aromatic heterocycles. The van der Waals surface area contributed by atoms with Gasteiger partial charge in [0.25, 0.3) is 5.91 Å². The predicted octanol–water partition coefficient (Wildman–Crippen LogP) is 5.16. The highest BCUT2D eigenvalue weighted by molar-refractivity contribution is 9.10. The van der Waals surface area contributed by atoms with Crippen molar-refractivity contribution in [3.63, 3.8) is 0 Å². The van der Waals surface area contributed by atoms with Gasteiger partial charge in [-0.1, -0.05) is 34.1 Å². The molecule has 2 bridgehead atoms. The fourth-order valence-corrected chi connectivity index (χ4v) is 5.61. The van der Waals surface area contributed by atoms with Crippen molar-refractivity contribution >= 4 is 44.5 Å². The molecule has 2 aromatic carbocycles. The Balaban J connectivity index is 1.38. The van der Waals surface area contributed by atoms with E-state index in [4.69, 9.17) is 4.98 Å². The normalized spacial score (nSPS) is 20.9. The van der Waals surface area contributed by atoms with Crippen molar-refractivity contribution in [2.24, 2.45) is 5.92 Å². The molecule has 3 aliphatic rings. The summed E-state index contributed by atoms with van der Waals surface area (Å²) in [5.41, 5.74) is 2.98. The number of aromatic nitrogens is 3. The van der Waals surface area contributed by atoms with Crippen LogP contribution in [-0.2, 0) is 0 Å². The summed E-state index contributed by atoms with van der Waals surface area (Å²) in [6.45, 7) is 3.09. The zero-order valence-electron chi connectivity index (χ0n) is 19.4. The first-order valence-electron chi connectivity index (χ1n) is 12.0. The van der Waals surface area contributed by atoms with Gasteiger partial charge in [0.1, 0.15) is 11.5 Å². The first-order valence-corrected chi connectivity index (χ1v) is 12.8. The Bertz CT molecular complexity index is 1440. The molecule has 9 heteroatoms. The second-order valence-corrected chi connectivity index (χ2v) is 10.2. The lowest BCUT2D eigenvalue weighted by molar-refractivity contribution is 0.0618. The van der Waals surface area contributed by atoms with Gasteiger partial charge >= 0.3 is 0 Å². The number of piperidine rings is 3. The Kier molecular flexibility index (Phi) is 6.10. The summed E-state index contributed by atoms with van der Waals surface area (Å²) in [5.74, 6) is 0.298. The van der Waals surface area contributed by atoms with Crippen molar-refractivity contribution < 1.29 is 9.18 Å². The van der Waals surface area contributed by atoms with Crippen molar-refractivity contribution in [3.8, 4) is 11.1 Å². The van der Waals surface area contributed by atoms with Crippen molar-refractivity contribution in [1.29, 1.82) is 0 Å². The van der Waals surface area contributed by atoms with Gasteiger partial charge in [-0.2, -0.15) is 4.98 Å². The molecule has 3 aliphatic heterocycles. The monoisotopic (exact) mass is 546 g/mol. The molecule has 182 valence electrons. The highest BCUT2D eigenvalue weighted by Crippen LogP contribution is 2.33. The molecular formula is C27H24BrFN6O. The topological polar surface area (TPSA) is 83.0 Å². The molecule has 1 unspecified atom stereocenters. The van der Waals surface area contributed by atoms with Crippen LogP contribution in [0, 0.1) is 11.7 Å². The average molecular weight is 547 g/mol. The van der Waals surface area contributed by atoms with Crippen LogP contribution in [0.25, 0.3) is 22.2 Å². The Morgan fingerprint density at radius 3 is 2.53 bits per heavy atom. The molecule has 0 saturated carbocycles. The number of anilines is 2. The summed E-state index contributed by atoms with van der Waals surface area (Å²) in [4.78, 5) is 29.7. The fraction of sp³-hybridized carbons (Fsp3) is 0.259. The first-order chi connectivity index (χ1) is 17.5. The SMILES string of the molecule is O=C(NC1CN2CCC1CC2)c1nc2nc(Nc3ccc(F)cc3)ncc2cc1-c1ccccc1Br. The third kappa shape index (κ3) is 4.56. The van der Waals surface area contributed by atoms with E-state index < -0.39 is 0 Å². The van der Waals surface area contributed by atoms with Crippen LogP contribution in [-0.4, -0.2) is 51.4 Å². The number of amides is 1. The van der Waals surface area contributed by atoms with Crippen LogP contribution in [0.1, 0.15) is 23.3 Å². The molecule has 0 radical (unpaired) electrons. The molecule has 4 aromatic rings. The summed E-state index contributed by atoms with van der Waals surface area (Å²) >= 11 is 3.63. The fourth-order valence-electron chi connectivity index (χ4n) is 5.11. The predicted molar refractivity (Wildman–Crippen MR) is 141 cm³/mol. The number of nitrogens with one attached hydrogen (secondary N) is 2. The number of halogens is 2. The first kappa shape index (κ1) is 23.0. The van der Waals surface area contributed by atoms with Gasteiger partial charge in [0.2, 0.25) is 5.95 Å². The molecule has 1 amide bonds. The molecule has 2 N–H and O–H groups in total. The quantitative estimate of drug-likeness (QED) is 0.359. The number of pyridine rings is 1. The lowest BCUT2D eigenvalue weighted by Gasteiger charge is -2.44. The van der Waals surface area contributed by atoms with E-state index in [1.165, 1.54) is 12.1 Å². The summed E-state index contributed by atoms with van der Waals surface area (Å²) in [6, 6.07) is 15.8. The van der Waals surface area contributed by atoms with Gasteiger partial charge in [-0.3, -0.25) is 4.79 Å². The number of hydrogen-bond acceptors (Lipinski definition) is 6. The number of carbonyl (C=O) groups excluding carboxylic acids is 1. The Labute approximate surface area is 216 Å². The summed E-state index contributed by atoms with van der Waals surface area (Å²) < 4.78 is 14.1. The molecule has 1 atom stereocenters. The maximum Gasteiger partial charge on any atom is 0.270 e. The largest absolute Gasteiger partial charge is 0.346 e. The highest BCUT2D eigenvalue weighted by Gasteiger charge is 2.35. The van der Waals surface area contributed by atoms with Gasteiger partial charge in [0.05, 0.1) is 0 Å². The Hall–Kier alpha value is -3.43. The minimum absolute atomic E-state index is 0.116. The van der Waals surface area contributed by atoms with E-state index in [1.807, 2.05) is 30.3 Å². The van der Waals surface area contributed by atoms with Crippen molar-refractivity contribution in [2.75, 3.05) is 25.0 Å². The van der Waals surface area contributed by atoms with Crippen LogP contribution in [0.5, 0.6) is 0 Å². The molecule has 0 spiro atoms. The van der Waals surface area contributed by atoms with E-state index in [0.29, 0.717) is 34.3 Å².